The van der Waals surface area contributed by atoms with Crippen LogP contribution in [0.4, 0.5) is 10.1 Å². The van der Waals surface area contributed by atoms with Gasteiger partial charge in [-0.25, -0.2) is 14.2 Å². The van der Waals surface area contributed by atoms with Gasteiger partial charge in [0.05, 0.1) is 12.1 Å². The quantitative estimate of drug-likeness (QED) is 0.499. The van der Waals surface area contributed by atoms with Crippen LogP contribution in [0.5, 0.6) is 0 Å². The number of pyridine rings is 1. The van der Waals surface area contributed by atoms with Crippen molar-refractivity contribution in [3.8, 4) is 0 Å². The molecule has 0 saturated carbocycles. The van der Waals surface area contributed by atoms with E-state index in [0.29, 0.717) is 11.3 Å². The molecule has 0 saturated heterocycles. The zero-order valence-corrected chi connectivity index (χ0v) is 16.7. The van der Waals surface area contributed by atoms with Crippen molar-refractivity contribution >= 4 is 22.6 Å². The number of anilines is 1. The molecule has 156 valence electrons. The van der Waals surface area contributed by atoms with Gasteiger partial charge >= 0.3 is 5.69 Å². The van der Waals surface area contributed by atoms with Gasteiger partial charge in [0, 0.05) is 18.9 Å². The van der Waals surface area contributed by atoms with Gasteiger partial charge in [0.15, 0.2) is 5.52 Å². The minimum Gasteiger partial charge on any atom is -0.314 e. The van der Waals surface area contributed by atoms with Gasteiger partial charge in [-0.05, 0) is 42.0 Å². The molecule has 0 aliphatic rings. The first-order valence-electron chi connectivity index (χ1n) is 9.60. The Bertz CT molecular complexity index is 1360. The molecule has 2 aromatic carbocycles. The summed E-state index contributed by atoms with van der Waals surface area (Å²) in [5.74, 6) is -0.742. The second-order valence-corrected chi connectivity index (χ2v) is 7.05. The lowest BCUT2D eigenvalue weighted by Gasteiger charge is -2.19. The summed E-state index contributed by atoms with van der Waals surface area (Å²) in [6.07, 6.45) is 1.46. The minimum atomic E-state index is -0.635. The maximum absolute atomic E-state index is 13.2. The Labute approximate surface area is 176 Å². The van der Waals surface area contributed by atoms with Crippen LogP contribution in [-0.2, 0) is 17.9 Å². The van der Waals surface area contributed by atoms with Gasteiger partial charge in [-0.1, -0.05) is 30.3 Å². The minimum absolute atomic E-state index is 0.0623. The Morgan fingerprint density at radius 1 is 0.968 bits per heavy atom. The molecule has 0 N–H and O–H groups in total. The van der Waals surface area contributed by atoms with E-state index < -0.39 is 17.1 Å². The molecular weight excluding hydrogens is 399 g/mol. The standard InChI is InChI=1S/C23H19FN4O3/c1-26(18-6-3-2-4-7-18)20(29)15-27-19-8-5-13-25-21(19)22(30)28(23(27)31)14-16-9-11-17(24)12-10-16/h2-13H,14-15H2,1H3. The normalized spacial score (nSPS) is 10.9. The number of amides is 1. The van der Waals surface area contributed by atoms with Crippen LogP contribution in [-0.4, -0.2) is 27.1 Å². The number of halogens is 1. The molecule has 0 radical (unpaired) electrons. The van der Waals surface area contributed by atoms with Gasteiger partial charge < -0.3 is 4.90 Å². The molecule has 0 spiro atoms. The highest BCUT2D eigenvalue weighted by Gasteiger charge is 2.18. The Hall–Kier alpha value is -4.07. The lowest BCUT2D eigenvalue weighted by atomic mass is 10.2. The average Bonchev–Trinajstić information content (AvgIpc) is 2.80. The van der Waals surface area contributed by atoms with Gasteiger partial charge in [-0.15, -0.1) is 0 Å². The maximum atomic E-state index is 13.2. The number of carbonyl (C=O) groups is 1. The summed E-state index contributed by atoms with van der Waals surface area (Å²) in [4.78, 5) is 44.7. The first-order valence-corrected chi connectivity index (χ1v) is 9.60. The second-order valence-electron chi connectivity index (χ2n) is 7.05. The molecule has 4 aromatic rings. The fourth-order valence-corrected chi connectivity index (χ4v) is 3.34. The van der Waals surface area contributed by atoms with Gasteiger partial charge in [0.2, 0.25) is 5.91 Å². The summed E-state index contributed by atoms with van der Waals surface area (Å²) < 4.78 is 15.5. The van der Waals surface area contributed by atoms with Crippen molar-refractivity contribution in [1.29, 1.82) is 0 Å². The molecule has 31 heavy (non-hydrogen) atoms. The van der Waals surface area contributed by atoms with Crippen LogP contribution in [0.2, 0.25) is 0 Å². The van der Waals surface area contributed by atoms with E-state index in [1.165, 1.54) is 39.9 Å². The molecule has 0 atom stereocenters. The molecule has 0 aliphatic carbocycles. The van der Waals surface area contributed by atoms with Gasteiger partial charge in [-0.2, -0.15) is 0 Å². The Morgan fingerprint density at radius 3 is 2.39 bits per heavy atom. The highest BCUT2D eigenvalue weighted by atomic mass is 19.1. The van der Waals surface area contributed by atoms with E-state index in [4.69, 9.17) is 0 Å². The topological polar surface area (TPSA) is 77.2 Å². The lowest BCUT2D eigenvalue weighted by Crippen LogP contribution is -2.43. The zero-order chi connectivity index (χ0) is 22.0. The predicted octanol–water partition coefficient (Wildman–Crippen LogP) is 2.41. The summed E-state index contributed by atoms with van der Waals surface area (Å²) >= 11 is 0. The van der Waals surface area contributed by atoms with E-state index in [9.17, 15) is 18.8 Å². The highest BCUT2D eigenvalue weighted by molar-refractivity contribution is 5.93. The van der Waals surface area contributed by atoms with Gasteiger partial charge in [0.1, 0.15) is 12.4 Å². The van der Waals surface area contributed by atoms with Crippen LogP contribution in [0.3, 0.4) is 0 Å². The molecule has 2 heterocycles. The predicted molar refractivity (Wildman–Crippen MR) is 116 cm³/mol. The molecule has 2 aromatic heterocycles. The lowest BCUT2D eigenvalue weighted by molar-refractivity contribution is -0.118. The summed E-state index contributed by atoms with van der Waals surface area (Å²) in [6, 6.07) is 17.8. The number of carbonyl (C=O) groups excluding carboxylic acids is 1. The van der Waals surface area contributed by atoms with E-state index >= 15 is 0 Å². The van der Waals surface area contributed by atoms with E-state index in [1.54, 1.807) is 31.3 Å². The Kier molecular flexibility index (Phi) is 5.44. The van der Waals surface area contributed by atoms with Crippen molar-refractivity contribution in [2.24, 2.45) is 0 Å². The van der Waals surface area contributed by atoms with Crippen molar-refractivity contribution in [2.75, 3.05) is 11.9 Å². The van der Waals surface area contributed by atoms with Crippen molar-refractivity contribution in [3.63, 3.8) is 0 Å². The number of fused-ring (bicyclic) bond motifs is 1. The van der Waals surface area contributed by atoms with Crippen molar-refractivity contribution < 1.29 is 9.18 Å². The number of hydrogen-bond acceptors (Lipinski definition) is 4. The molecule has 0 aliphatic heterocycles. The molecule has 7 nitrogen and oxygen atoms in total. The average molecular weight is 418 g/mol. The smallest absolute Gasteiger partial charge is 0.314 e. The summed E-state index contributed by atoms with van der Waals surface area (Å²) in [5, 5.41) is 0. The number of likely N-dealkylation sites (N-methyl/N-ethyl adjacent to an activating group) is 1. The third-order valence-electron chi connectivity index (χ3n) is 5.05. The largest absolute Gasteiger partial charge is 0.332 e. The summed E-state index contributed by atoms with van der Waals surface area (Å²) in [5.41, 5.74) is 0.425. The van der Waals surface area contributed by atoms with Crippen molar-refractivity contribution in [2.45, 2.75) is 13.1 Å². The van der Waals surface area contributed by atoms with Gasteiger partial charge in [-0.3, -0.25) is 18.7 Å². The molecular formula is C23H19FN4O3. The van der Waals surface area contributed by atoms with Crippen LogP contribution in [0.25, 0.3) is 11.0 Å². The van der Waals surface area contributed by atoms with Crippen LogP contribution in [0.1, 0.15) is 5.56 Å². The molecule has 4 rings (SSSR count). The van der Waals surface area contributed by atoms with E-state index in [-0.39, 0.29) is 30.0 Å². The number of benzene rings is 2. The van der Waals surface area contributed by atoms with E-state index in [0.717, 1.165) is 4.57 Å². The Balaban J connectivity index is 1.79. The first-order chi connectivity index (χ1) is 15.0. The second kappa shape index (κ2) is 8.35. The molecule has 0 fully saturated rings. The number of para-hydroxylation sites is 1. The third-order valence-corrected chi connectivity index (χ3v) is 5.05. The SMILES string of the molecule is CN(C(=O)Cn1c(=O)n(Cc2ccc(F)cc2)c(=O)c2ncccc21)c1ccccc1. The number of aromatic nitrogens is 3. The molecule has 1 amide bonds. The maximum Gasteiger partial charge on any atom is 0.332 e. The Morgan fingerprint density at radius 2 is 1.68 bits per heavy atom. The number of rotatable bonds is 5. The molecule has 8 heteroatoms. The van der Waals surface area contributed by atoms with Crippen LogP contribution in [0, 0.1) is 5.82 Å². The number of hydrogen-bond donors (Lipinski definition) is 0. The number of nitrogens with zero attached hydrogens (tertiary/aromatic N) is 4. The van der Waals surface area contributed by atoms with Crippen LogP contribution in [0.15, 0.2) is 82.5 Å². The first kappa shape index (κ1) is 20.2. The van der Waals surface area contributed by atoms with Crippen molar-refractivity contribution in [3.05, 3.63) is 105 Å². The summed E-state index contributed by atoms with van der Waals surface area (Å²) in [6.45, 7) is -0.330. The molecule has 0 unspecified atom stereocenters. The van der Waals surface area contributed by atoms with Gasteiger partial charge in [0.25, 0.3) is 5.56 Å². The molecule has 0 bridgehead atoms. The van der Waals surface area contributed by atoms with Crippen molar-refractivity contribution in [1.82, 2.24) is 14.1 Å². The highest BCUT2D eigenvalue weighted by Crippen LogP contribution is 2.13. The fraction of sp³-hybridized carbons (Fsp3) is 0.130. The zero-order valence-electron chi connectivity index (χ0n) is 16.7. The van der Waals surface area contributed by atoms with E-state index in [2.05, 4.69) is 4.98 Å². The monoisotopic (exact) mass is 418 g/mol. The fourth-order valence-electron chi connectivity index (χ4n) is 3.34. The third kappa shape index (κ3) is 4.00. The van der Waals surface area contributed by atoms with E-state index in [1.807, 2.05) is 18.2 Å². The van der Waals surface area contributed by atoms with Crippen LogP contribution >= 0.6 is 0 Å². The summed E-state index contributed by atoms with van der Waals surface area (Å²) in [7, 11) is 1.62. The van der Waals surface area contributed by atoms with Crippen LogP contribution < -0.4 is 16.1 Å².